The van der Waals surface area contributed by atoms with E-state index in [-0.39, 0.29) is 23.6 Å². The lowest BCUT2D eigenvalue weighted by Crippen LogP contribution is -2.31. The summed E-state index contributed by atoms with van der Waals surface area (Å²) in [5.41, 5.74) is 0.994. The molecule has 1 aromatic carbocycles. The minimum absolute atomic E-state index is 0.0690. The van der Waals surface area contributed by atoms with Crippen molar-refractivity contribution in [2.75, 3.05) is 13.2 Å². The summed E-state index contributed by atoms with van der Waals surface area (Å²) in [4.78, 5) is 11.9. The molecule has 6 heteroatoms. The van der Waals surface area contributed by atoms with E-state index in [2.05, 4.69) is 10.5 Å². The summed E-state index contributed by atoms with van der Waals surface area (Å²) >= 11 is 0. The van der Waals surface area contributed by atoms with Gasteiger partial charge in [-0.05, 0) is 25.0 Å². The number of aromatic nitrogens is 1. The number of halogens is 1. The number of carbonyl (C=O) groups excluding carboxylic acids is 1. The Bertz CT molecular complexity index is 635. The van der Waals surface area contributed by atoms with Crippen LogP contribution in [0.2, 0.25) is 0 Å². The van der Waals surface area contributed by atoms with Crippen LogP contribution < -0.4 is 5.32 Å². The fourth-order valence-electron chi connectivity index (χ4n) is 2.27. The molecule has 0 unspecified atom stereocenters. The zero-order valence-corrected chi connectivity index (χ0v) is 11.3. The molecule has 5 nitrogen and oxygen atoms in total. The minimum atomic E-state index is -0.361. The van der Waals surface area contributed by atoms with Crippen molar-refractivity contribution in [1.82, 2.24) is 10.5 Å². The molecule has 0 bridgehead atoms. The first-order chi connectivity index (χ1) is 10.2. The molecule has 1 atom stereocenters. The predicted octanol–water partition coefficient (Wildman–Crippen LogP) is 2.39. The highest BCUT2D eigenvalue weighted by Gasteiger charge is 2.19. The lowest BCUT2D eigenvalue weighted by molar-refractivity contribution is 0.0828. The molecule has 3 rings (SSSR count). The number of nitrogens with one attached hydrogen (secondary N) is 1. The molecule has 2 aromatic rings. The topological polar surface area (TPSA) is 64.4 Å². The molecule has 1 amide bonds. The fourth-order valence-corrected chi connectivity index (χ4v) is 2.27. The summed E-state index contributed by atoms with van der Waals surface area (Å²) < 4.78 is 23.6. The number of nitrogens with zero attached hydrogens (tertiary/aromatic N) is 1. The van der Waals surface area contributed by atoms with Crippen LogP contribution in [0.3, 0.4) is 0 Å². The maximum absolute atomic E-state index is 13.2. The second-order valence-corrected chi connectivity index (χ2v) is 4.93. The Balaban J connectivity index is 1.65. The molecule has 2 heterocycles. The quantitative estimate of drug-likeness (QED) is 0.939. The molecule has 1 fully saturated rings. The summed E-state index contributed by atoms with van der Waals surface area (Å²) in [5.74, 6) is -0.604. The van der Waals surface area contributed by atoms with Crippen LogP contribution in [0.4, 0.5) is 4.39 Å². The minimum Gasteiger partial charge on any atom is -0.376 e. The van der Waals surface area contributed by atoms with Gasteiger partial charge >= 0.3 is 0 Å². The molecule has 110 valence electrons. The van der Waals surface area contributed by atoms with Gasteiger partial charge < -0.3 is 14.6 Å². The van der Waals surface area contributed by atoms with E-state index >= 15 is 0 Å². The van der Waals surface area contributed by atoms with Crippen molar-refractivity contribution in [2.24, 2.45) is 0 Å². The number of benzene rings is 1. The Morgan fingerprint density at radius 2 is 2.33 bits per heavy atom. The molecule has 1 saturated heterocycles. The van der Waals surface area contributed by atoms with Crippen LogP contribution in [-0.4, -0.2) is 30.3 Å². The first-order valence-electron chi connectivity index (χ1n) is 6.85. The van der Waals surface area contributed by atoms with Gasteiger partial charge in [-0.2, -0.15) is 0 Å². The normalized spacial score (nSPS) is 17.9. The Morgan fingerprint density at radius 3 is 3.10 bits per heavy atom. The first kappa shape index (κ1) is 13.8. The molecular weight excluding hydrogens is 275 g/mol. The largest absolute Gasteiger partial charge is 0.376 e. The number of hydrogen-bond acceptors (Lipinski definition) is 4. The van der Waals surface area contributed by atoms with E-state index in [1.54, 1.807) is 12.1 Å². The van der Waals surface area contributed by atoms with Crippen LogP contribution >= 0.6 is 0 Å². The van der Waals surface area contributed by atoms with Gasteiger partial charge in [-0.15, -0.1) is 0 Å². The molecule has 0 aliphatic carbocycles. The number of amides is 1. The summed E-state index contributed by atoms with van der Waals surface area (Å²) in [6, 6.07) is 7.47. The molecule has 21 heavy (non-hydrogen) atoms. The highest BCUT2D eigenvalue weighted by atomic mass is 19.1. The third-order valence-electron chi connectivity index (χ3n) is 3.37. The van der Waals surface area contributed by atoms with Gasteiger partial charge in [0, 0.05) is 24.8 Å². The van der Waals surface area contributed by atoms with E-state index in [1.807, 2.05) is 0 Å². The standard InChI is InChI=1S/C15H15FN2O3/c16-11-4-1-3-10(7-11)13-8-14(21-18-13)15(19)17-9-12-5-2-6-20-12/h1,3-4,7-8,12H,2,5-6,9H2,(H,17,19)/t12-/m1/s1. The van der Waals surface area contributed by atoms with Gasteiger partial charge in [0.2, 0.25) is 5.76 Å². The smallest absolute Gasteiger partial charge is 0.290 e. The van der Waals surface area contributed by atoms with Gasteiger partial charge in [-0.3, -0.25) is 4.79 Å². The molecule has 1 aliphatic heterocycles. The lowest BCUT2D eigenvalue weighted by Gasteiger charge is -2.08. The Morgan fingerprint density at radius 1 is 1.43 bits per heavy atom. The van der Waals surface area contributed by atoms with Crippen LogP contribution in [-0.2, 0) is 4.74 Å². The first-order valence-corrected chi connectivity index (χ1v) is 6.85. The van der Waals surface area contributed by atoms with Crippen molar-refractivity contribution in [3.8, 4) is 11.3 Å². The molecule has 0 spiro atoms. The highest BCUT2D eigenvalue weighted by Crippen LogP contribution is 2.20. The van der Waals surface area contributed by atoms with Gasteiger partial charge in [-0.25, -0.2) is 4.39 Å². The Kier molecular flexibility index (Phi) is 3.96. The van der Waals surface area contributed by atoms with Gasteiger partial charge in [0.25, 0.3) is 5.91 Å². The summed E-state index contributed by atoms with van der Waals surface area (Å²) in [5, 5.41) is 6.54. The van der Waals surface area contributed by atoms with Gasteiger partial charge in [0.05, 0.1) is 6.10 Å². The van der Waals surface area contributed by atoms with Crippen molar-refractivity contribution in [1.29, 1.82) is 0 Å². The zero-order chi connectivity index (χ0) is 14.7. The third-order valence-corrected chi connectivity index (χ3v) is 3.37. The van der Waals surface area contributed by atoms with Crippen molar-refractivity contribution in [3.63, 3.8) is 0 Å². The van der Waals surface area contributed by atoms with E-state index in [0.29, 0.717) is 17.8 Å². The van der Waals surface area contributed by atoms with Crippen LogP contribution in [0.25, 0.3) is 11.3 Å². The average molecular weight is 290 g/mol. The zero-order valence-electron chi connectivity index (χ0n) is 11.3. The lowest BCUT2D eigenvalue weighted by atomic mass is 10.1. The van der Waals surface area contributed by atoms with Gasteiger partial charge in [0.15, 0.2) is 0 Å². The van der Waals surface area contributed by atoms with Crippen LogP contribution in [0.1, 0.15) is 23.4 Å². The van der Waals surface area contributed by atoms with Crippen LogP contribution in [0.15, 0.2) is 34.9 Å². The Labute approximate surface area is 121 Å². The number of rotatable bonds is 4. The second kappa shape index (κ2) is 6.05. The molecule has 0 saturated carbocycles. The highest BCUT2D eigenvalue weighted by molar-refractivity contribution is 5.92. The summed E-state index contributed by atoms with van der Waals surface area (Å²) in [6.07, 6.45) is 2.04. The SMILES string of the molecule is O=C(NC[C@H]1CCCO1)c1cc(-c2cccc(F)c2)no1. The molecular formula is C15H15FN2O3. The summed E-state index contributed by atoms with van der Waals surface area (Å²) in [6.45, 7) is 1.20. The van der Waals surface area contributed by atoms with Crippen molar-refractivity contribution >= 4 is 5.91 Å². The van der Waals surface area contributed by atoms with Crippen molar-refractivity contribution in [2.45, 2.75) is 18.9 Å². The maximum Gasteiger partial charge on any atom is 0.290 e. The van der Waals surface area contributed by atoms with E-state index in [0.717, 1.165) is 19.4 Å². The molecule has 0 radical (unpaired) electrons. The van der Waals surface area contributed by atoms with E-state index in [9.17, 15) is 9.18 Å². The van der Waals surface area contributed by atoms with Crippen LogP contribution in [0, 0.1) is 5.82 Å². The maximum atomic E-state index is 13.2. The van der Waals surface area contributed by atoms with Crippen LogP contribution in [0.5, 0.6) is 0 Å². The summed E-state index contributed by atoms with van der Waals surface area (Å²) in [7, 11) is 0. The van der Waals surface area contributed by atoms with Crippen molar-refractivity contribution in [3.05, 3.63) is 41.9 Å². The average Bonchev–Trinajstić information content (AvgIpc) is 3.16. The molecule has 1 aliphatic rings. The van der Waals surface area contributed by atoms with E-state index in [1.165, 1.54) is 18.2 Å². The van der Waals surface area contributed by atoms with Gasteiger partial charge in [-0.1, -0.05) is 17.3 Å². The molecule has 1 aromatic heterocycles. The number of hydrogen-bond donors (Lipinski definition) is 1. The monoisotopic (exact) mass is 290 g/mol. The van der Waals surface area contributed by atoms with Crippen molar-refractivity contribution < 1.29 is 18.4 Å². The Hall–Kier alpha value is -2.21. The second-order valence-electron chi connectivity index (χ2n) is 4.93. The van der Waals surface area contributed by atoms with E-state index in [4.69, 9.17) is 9.26 Å². The predicted molar refractivity (Wildman–Crippen MR) is 73.2 cm³/mol. The van der Waals surface area contributed by atoms with Gasteiger partial charge in [0.1, 0.15) is 11.5 Å². The fraction of sp³-hybridized carbons (Fsp3) is 0.333. The number of ether oxygens (including phenoxy) is 1. The third kappa shape index (κ3) is 3.28. The van der Waals surface area contributed by atoms with E-state index < -0.39 is 0 Å². The molecule has 1 N–H and O–H groups in total. The number of carbonyl (C=O) groups is 1.